The Labute approximate surface area is 210 Å². The average Bonchev–Trinajstić information content (AvgIpc) is 3.25. The fourth-order valence-electron chi connectivity index (χ4n) is 3.76. The van der Waals surface area contributed by atoms with Crippen LogP contribution >= 0.6 is 0 Å². The number of nitrogens with zero attached hydrogens (tertiary/aromatic N) is 6. The minimum absolute atomic E-state index is 0.0339. The molecule has 11 heteroatoms. The average molecular weight is 504 g/mol. The van der Waals surface area contributed by atoms with Crippen LogP contribution in [0.5, 0.6) is 17.2 Å². The molecule has 5 rings (SSSR count). The van der Waals surface area contributed by atoms with Gasteiger partial charge in [-0.2, -0.15) is 5.10 Å². The number of rotatable bonds is 7. The number of halogens is 2. The van der Waals surface area contributed by atoms with Crippen LogP contribution in [0, 0.1) is 18.6 Å². The van der Waals surface area contributed by atoms with E-state index < -0.39 is 11.6 Å². The standard InChI is InChI=1S/C26H23F2N7O2/c1-14(2)23-24-25(26(29)33-13-32-24)35(34-23)22-5-4-18(9-21(22)28)37-20-7-17(27)6-19(8-20)36-12-16-10-30-15(3)31-11-16/h4-11,13-14H,12H2,1-3H3,(H2,29,32,33). The van der Waals surface area contributed by atoms with Crippen molar-refractivity contribution >= 4 is 16.9 Å². The van der Waals surface area contributed by atoms with Crippen molar-refractivity contribution in [1.82, 2.24) is 29.7 Å². The third-order valence-corrected chi connectivity index (χ3v) is 5.53. The van der Waals surface area contributed by atoms with Gasteiger partial charge in [-0.05, 0) is 25.0 Å². The van der Waals surface area contributed by atoms with E-state index in [1.165, 1.54) is 41.3 Å². The molecule has 0 aliphatic carbocycles. The van der Waals surface area contributed by atoms with Gasteiger partial charge in [-0.1, -0.05) is 13.8 Å². The zero-order chi connectivity index (χ0) is 26.1. The fourth-order valence-corrected chi connectivity index (χ4v) is 3.76. The Kier molecular flexibility index (Phi) is 6.34. The maximum absolute atomic E-state index is 15.3. The number of fused-ring (bicyclic) bond motifs is 1. The van der Waals surface area contributed by atoms with Gasteiger partial charge in [0.15, 0.2) is 11.6 Å². The highest BCUT2D eigenvalue weighted by atomic mass is 19.1. The molecule has 0 saturated carbocycles. The third-order valence-electron chi connectivity index (χ3n) is 5.53. The smallest absolute Gasteiger partial charge is 0.153 e. The van der Waals surface area contributed by atoms with Crippen LogP contribution in [-0.2, 0) is 6.61 Å². The predicted octanol–water partition coefficient (Wildman–Crippen LogP) is 5.27. The monoisotopic (exact) mass is 503 g/mol. The Morgan fingerprint density at radius 2 is 1.70 bits per heavy atom. The lowest BCUT2D eigenvalue weighted by molar-refractivity contribution is 0.301. The molecule has 3 aromatic heterocycles. The molecule has 2 N–H and O–H groups in total. The van der Waals surface area contributed by atoms with E-state index in [1.807, 2.05) is 13.8 Å². The van der Waals surface area contributed by atoms with Crippen molar-refractivity contribution in [3.63, 3.8) is 0 Å². The van der Waals surface area contributed by atoms with Crippen molar-refractivity contribution in [2.24, 2.45) is 0 Å². The number of aryl methyl sites for hydroxylation is 1. The highest BCUT2D eigenvalue weighted by Crippen LogP contribution is 2.32. The largest absolute Gasteiger partial charge is 0.489 e. The second-order valence-electron chi connectivity index (χ2n) is 8.67. The zero-order valence-electron chi connectivity index (χ0n) is 20.3. The van der Waals surface area contributed by atoms with E-state index in [9.17, 15) is 4.39 Å². The van der Waals surface area contributed by atoms with Crippen molar-refractivity contribution < 1.29 is 18.3 Å². The molecule has 0 amide bonds. The summed E-state index contributed by atoms with van der Waals surface area (Å²) < 4.78 is 42.3. The van der Waals surface area contributed by atoms with Gasteiger partial charge in [-0.15, -0.1) is 0 Å². The maximum Gasteiger partial charge on any atom is 0.153 e. The highest BCUT2D eigenvalue weighted by molar-refractivity contribution is 5.88. The quantitative estimate of drug-likeness (QED) is 0.320. The summed E-state index contributed by atoms with van der Waals surface area (Å²) in [5, 5.41) is 4.55. The Hall–Kier alpha value is -4.67. The highest BCUT2D eigenvalue weighted by Gasteiger charge is 2.20. The van der Waals surface area contributed by atoms with Crippen LogP contribution in [0.2, 0.25) is 0 Å². The number of nitrogen functional groups attached to an aromatic ring is 1. The summed E-state index contributed by atoms with van der Waals surface area (Å²) in [7, 11) is 0. The van der Waals surface area contributed by atoms with Crippen LogP contribution in [0.4, 0.5) is 14.6 Å². The first-order valence-corrected chi connectivity index (χ1v) is 11.5. The van der Waals surface area contributed by atoms with E-state index in [4.69, 9.17) is 15.2 Å². The van der Waals surface area contributed by atoms with Crippen LogP contribution in [0.15, 0.2) is 55.1 Å². The molecular weight excluding hydrogens is 480 g/mol. The molecule has 2 aromatic carbocycles. The summed E-state index contributed by atoms with van der Waals surface area (Å²) in [5.74, 6) is 0.229. The molecule has 0 fully saturated rings. The van der Waals surface area contributed by atoms with E-state index in [2.05, 4.69) is 25.0 Å². The second kappa shape index (κ2) is 9.76. The van der Waals surface area contributed by atoms with Gasteiger partial charge in [0, 0.05) is 42.2 Å². The number of hydrogen-bond donors (Lipinski definition) is 1. The van der Waals surface area contributed by atoms with Gasteiger partial charge in [0.1, 0.15) is 58.5 Å². The van der Waals surface area contributed by atoms with Crippen LogP contribution in [-0.4, -0.2) is 29.7 Å². The van der Waals surface area contributed by atoms with Gasteiger partial charge in [-0.25, -0.2) is 33.4 Å². The van der Waals surface area contributed by atoms with Crippen LogP contribution in [0.1, 0.15) is 36.8 Å². The summed E-state index contributed by atoms with van der Waals surface area (Å²) in [6.07, 6.45) is 4.63. The lowest BCUT2D eigenvalue weighted by Gasteiger charge is -2.11. The molecule has 0 unspecified atom stereocenters. The molecular formula is C26H23F2N7O2. The van der Waals surface area contributed by atoms with Crippen LogP contribution in [0.3, 0.4) is 0 Å². The number of hydrogen-bond acceptors (Lipinski definition) is 8. The summed E-state index contributed by atoms with van der Waals surface area (Å²) in [5.41, 5.74) is 8.61. The van der Waals surface area contributed by atoms with E-state index in [-0.39, 0.29) is 41.3 Å². The first-order chi connectivity index (χ1) is 17.8. The Morgan fingerprint density at radius 1 is 0.946 bits per heavy atom. The second-order valence-corrected chi connectivity index (χ2v) is 8.67. The molecule has 3 heterocycles. The molecule has 0 aliphatic rings. The number of ether oxygens (including phenoxy) is 2. The number of nitrogens with two attached hydrogens (primary N) is 1. The molecule has 0 spiro atoms. The minimum atomic E-state index is -0.618. The van der Waals surface area contributed by atoms with E-state index in [0.717, 1.165) is 5.56 Å². The first-order valence-electron chi connectivity index (χ1n) is 11.5. The minimum Gasteiger partial charge on any atom is -0.489 e. The summed E-state index contributed by atoms with van der Waals surface area (Å²) in [6.45, 7) is 5.85. The number of anilines is 1. The topological polar surface area (TPSA) is 114 Å². The molecule has 5 aromatic rings. The van der Waals surface area contributed by atoms with E-state index >= 15 is 4.39 Å². The van der Waals surface area contributed by atoms with Crippen molar-refractivity contribution in [2.75, 3.05) is 5.73 Å². The van der Waals surface area contributed by atoms with Crippen molar-refractivity contribution in [3.8, 4) is 22.9 Å². The molecule has 188 valence electrons. The Balaban J connectivity index is 1.40. The van der Waals surface area contributed by atoms with E-state index in [0.29, 0.717) is 22.6 Å². The number of aromatic nitrogens is 6. The molecule has 0 saturated heterocycles. The van der Waals surface area contributed by atoms with Crippen molar-refractivity contribution in [3.05, 3.63) is 83.8 Å². The Morgan fingerprint density at radius 3 is 2.43 bits per heavy atom. The first kappa shape index (κ1) is 24.0. The van der Waals surface area contributed by atoms with E-state index in [1.54, 1.807) is 25.4 Å². The van der Waals surface area contributed by atoms with Gasteiger partial charge < -0.3 is 15.2 Å². The molecule has 0 aliphatic heterocycles. The van der Waals surface area contributed by atoms with Gasteiger partial charge in [0.2, 0.25) is 0 Å². The van der Waals surface area contributed by atoms with Crippen LogP contribution in [0.25, 0.3) is 16.7 Å². The normalized spacial score (nSPS) is 11.3. The molecule has 0 atom stereocenters. The molecule has 9 nitrogen and oxygen atoms in total. The fraction of sp³-hybridized carbons (Fsp3) is 0.192. The Bertz CT molecular complexity index is 1590. The predicted molar refractivity (Wildman–Crippen MR) is 133 cm³/mol. The van der Waals surface area contributed by atoms with Gasteiger partial charge in [0.05, 0.1) is 5.69 Å². The molecule has 0 bridgehead atoms. The van der Waals surface area contributed by atoms with Gasteiger partial charge in [0.25, 0.3) is 0 Å². The summed E-state index contributed by atoms with van der Waals surface area (Å²) >= 11 is 0. The van der Waals surface area contributed by atoms with Crippen LogP contribution < -0.4 is 15.2 Å². The van der Waals surface area contributed by atoms with Crippen molar-refractivity contribution in [2.45, 2.75) is 33.3 Å². The third kappa shape index (κ3) is 5.01. The maximum atomic E-state index is 15.3. The zero-order valence-corrected chi connectivity index (χ0v) is 20.3. The lowest BCUT2D eigenvalue weighted by atomic mass is 10.1. The lowest BCUT2D eigenvalue weighted by Crippen LogP contribution is -2.04. The number of benzene rings is 2. The van der Waals surface area contributed by atoms with Crippen molar-refractivity contribution in [1.29, 1.82) is 0 Å². The summed E-state index contributed by atoms with van der Waals surface area (Å²) in [4.78, 5) is 16.5. The van der Waals surface area contributed by atoms with Gasteiger partial charge >= 0.3 is 0 Å². The summed E-state index contributed by atoms with van der Waals surface area (Å²) in [6, 6.07) is 8.16. The molecule has 37 heavy (non-hydrogen) atoms. The van der Waals surface area contributed by atoms with Gasteiger partial charge in [-0.3, -0.25) is 0 Å². The molecule has 0 radical (unpaired) electrons. The SMILES string of the molecule is Cc1ncc(COc2cc(F)cc(Oc3ccc(-n4nc(C(C)C)c5ncnc(N)c54)c(F)c3)c2)cn1.